The zero-order valence-corrected chi connectivity index (χ0v) is 10.4. The molecule has 1 atom stereocenters. The van der Waals surface area contributed by atoms with E-state index in [0.717, 1.165) is 11.1 Å². The minimum Gasteiger partial charge on any atom is -0.466 e. The Kier molecular flexibility index (Phi) is 4.10. The van der Waals surface area contributed by atoms with Gasteiger partial charge in [-0.15, -0.1) is 0 Å². The van der Waals surface area contributed by atoms with Gasteiger partial charge in [0.15, 0.2) is 5.78 Å². The molecule has 0 amide bonds. The minimum absolute atomic E-state index is 0.0705. The number of nitrogens with one attached hydrogen (secondary N) is 1. The van der Waals surface area contributed by atoms with E-state index in [0.29, 0.717) is 19.6 Å². The molecule has 0 radical (unpaired) electrons. The molecule has 0 aliphatic carbocycles. The van der Waals surface area contributed by atoms with Crippen LogP contribution in [0.25, 0.3) is 0 Å². The van der Waals surface area contributed by atoms with Gasteiger partial charge < -0.3 is 10.1 Å². The molecule has 1 heterocycles. The third-order valence-electron chi connectivity index (χ3n) is 3.08. The highest BCUT2D eigenvalue weighted by Gasteiger charge is 2.26. The molecular weight excluding hydrogens is 230 g/mol. The van der Waals surface area contributed by atoms with E-state index in [9.17, 15) is 9.59 Å². The maximum absolute atomic E-state index is 12.2. The molecule has 1 aromatic carbocycles. The van der Waals surface area contributed by atoms with Crippen molar-refractivity contribution < 1.29 is 14.3 Å². The van der Waals surface area contributed by atoms with Gasteiger partial charge in [0.1, 0.15) is 0 Å². The number of Topliss-reactive ketones (excluding diaryl/α,β-unsaturated/α-hetero) is 1. The Morgan fingerprint density at radius 2 is 2.22 bits per heavy atom. The predicted octanol–water partition coefficient (Wildman–Crippen LogP) is 1.68. The van der Waals surface area contributed by atoms with Crippen molar-refractivity contribution in [2.45, 2.75) is 32.4 Å². The van der Waals surface area contributed by atoms with Crippen LogP contribution in [-0.2, 0) is 16.1 Å². The molecule has 1 aliphatic heterocycles. The molecule has 1 aliphatic rings. The first kappa shape index (κ1) is 12.8. The number of hydrogen-bond donors (Lipinski definition) is 1. The topological polar surface area (TPSA) is 55.4 Å². The molecule has 0 aromatic heterocycles. The lowest BCUT2D eigenvalue weighted by Gasteiger charge is -2.24. The highest BCUT2D eigenvalue weighted by atomic mass is 16.5. The first-order valence-corrected chi connectivity index (χ1v) is 6.23. The molecule has 0 spiro atoms. The molecule has 1 N–H and O–H groups in total. The fourth-order valence-electron chi connectivity index (χ4n) is 2.16. The summed E-state index contributed by atoms with van der Waals surface area (Å²) >= 11 is 0. The standard InChI is InChI=1S/C14H17NO3/c1-2-18-13(16)8-7-12-14(17)11-6-4-3-5-10(11)9-15-12/h3-6,12,15H,2,7-9H2,1H3. The summed E-state index contributed by atoms with van der Waals surface area (Å²) in [5.74, 6) is -0.174. The van der Waals surface area contributed by atoms with Crippen LogP contribution in [0, 0.1) is 0 Å². The SMILES string of the molecule is CCOC(=O)CCC1NCc2ccccc2C1=O. The fourth-order valence-corrected chi connectivity index (χ4v) is 2.16. The molecular formula is C14H17NO3. The number of esters is 1. The van der Waals surface area contributed by atoms with Crippen LogP contribution in [0.5, 0.6) is 0 Å². The molecule has 96 valence electrons. The number of fused-ring (bicyclic) bond motifs is 1. The number of hydrogen-bond acceptors (Lipinski definition) is 4. The second kappa shape index (κ2) is 5.78. The van der Waals surface area contributed by atoms with Crippen molar-refractivity contribution >= 4 is 11.8 Å². The molecule has 18 heavy (non-hydrogen) atoms. The number of carbonyl (C=O) groups is 2. The van der Waals surface area contributed by atoms with Crippen molar-refractivity contribution in [3.63, 3.8) is 0 Å². The quantitative estimate of drug-likeness (QED) is 0.822. The highest BCUT2D eigenvalue weighted by Crippen LogP contribution is 2.18. The number of ether oxygens (including phenoxy) is 1. The van der Waals surface area contributed by atoms with E-state index in [1.807, 2.05) is 24.3 Å². The van der Waals surface area contributed by atoms with Crippen molar-refractivity contribution in [3.8, 4) is 0 Å². The van der Waals surface area contributed by atoms with Crippen LogP contribution in [0.2, 0.25) is 0 Å². The zero-order valence-electron chi connectivity index (χ0n) is 10.4. The number of benzene rings is 1. The number of carbonyl (C=O) groups excluding carboxylic acids is 2. The maximum atomic E-state index is 12.2. The summed E-state index contributed by atoms with van der Waals surface area (Å²) in [4.78, 5) is 23.4. The number of rotatable bonds is 4. The molecule has 0 fully saturated rings. The van der Waals surface area contributed by atoms with Gasteiger partial charge in [0.05, 0.1) is 12.6 Å². The largest absolute Gasteiger partial charge is 0.466 e. The normalized spacial score (nSPS) is 18.3. The van der Waals surface area contributed by atoms with Gasteiger partial charge in [-0.1, -0.05) is 24.3 Å². The summed E-state index contributed by atoms with van der Waals surface area (Å²) in [6.07, 6.45) is 0.769. The van der Waals surface area contributed by atoms with E-state index in [2.05, 4.69) is 5.32 Å². The highest BCUT2D eigenvalue weighted by molar-refractivity contribution is 6.02. The lowest BCUT2D eigenvalue weighted by molar-refractivity contribution is -0.143. The van der Waals surface area contributed by atoms with Gasteiger partial charge in [-0.3, -0.25) is 9.59 Å². The Morgan fingerprint density at radius 1 is 1.44 bits per heavy atom. The minimum atomic E-state index is -0.274. The number of ketones is 1. The third-order valence-corrected chi connectivity index (χ3v) is 3.08. The predicted molar refractivity (Wildman–Crippen MR) is 67.3 cm³/mol. The lowest BCUT2D eigenvalue weighted by Crippen LogP contribution is -2.41. The van der Waals surface area contributed by atoms with Gasteiger partial charge in [-0.25, -0.2) is 0 Å². The Bertz CT molecular complexity index is 456. The van der Waals surface area contributed by atoms with Crippen LogP contribution < -0.4 is 5.32 Å². The Morgan fingerprint density at radius 3 is 3.00 bits per heavy atom. The molecule has 0 saturated heterocycles. The molecule has 2 rings (SSSR count). The van der Waals surface area contributed by atoms with E-state index >= 15 is 0 Å². The van der Waals surface area contributed by atoms with Crippen molar-refractivity contribution in [2.75, 3.05) is 6.61 Å². The summed E-state index contributed by atoms with van der Waals surface area (Å²) in [5.41, 5.74) is 1.79. The Balaban J connectivity index is 1.97. The van der Waals surface area contributed by atoms with Gasteiger partial charge in [0.25, 0.3) is 0 Å². The summed E-state index contributed by atoms with van der Waals surface area (Å²) in [7, 11) is 0. The van der Waals surface area contributed by atoms with Crippen LogP contribution in [0.4, 0.5) is 0 Å². The molecule has 4 heteroatoms. The van der Waals surface area contributed by atoms with E-state index in [1.54, 1.807) is 6.92 Å². The van der Waals surface area contributed by atoms with Crippen LogP contribution in [-0.4, -0.2) is 24.4 Å². The lowest BCUT2D eigenvalue weighted by atomic mass is 9.92. The van der Waals surface area contributed by atoms with Crippen molar-refractivity contribution in [1.29, 1.82) is 0 Å². The van der Waals surface area contributed by atoms with E-state index in [-0.39, 0.29) is 24.2 Å². The summed E-state index contributed by atoms with van der Waals surface area (Å²) in [6.45, 7) is 2.83. The molecule has 0 saturated carbocycles. The van der Waals surface area contributed by atoms with E-state index in [4.69, 9.17) is 4.74 Å². The van der Waals surface area contributed by atoms with Gasteiger partial charge in [-0.2, -0.15) is 0 Å². The van der Waals surface area contributed by atoms with Crippen LogP contribution in [0.3, 0.4) is 0 Å². The average molecular weight is 247 g/mol. The molecule has 1 unspecified atom stereocenters. The van der Waals surface area contributed by atoms with Crippen LogP contribution in [0.1, 0.15) is 35.7 Å². The van der Waals surface area contributed by atoms with Gasteiger partial charge in [-0.05, 0) is 18.9 Å². The second-order valence-electron chi connectivity index (χ2n) is 4.30. The summed E-state index contributed by atoms with van der Waals surface area (Å²) in [5, 5.41) is 3.17. The van der Waals surface area contributed by atoms with E-state index < -0.39 is 0 Å². The second-order valence-corrected chi connectivity index (χ2v) is 4.30. The van der Waals surface area contributed by atoms with Crippen LogP contribution >= 0.6 is 0 Å². The monoisotopic (exact) mass is 247 g/mol. The molecule has 1 aromatic rings. The summed E-state index contributed by atoms with van der Waals surface area (Å²) < 4.78 is 4.86. The van der Waals surface area contributed by atoms with Crippen molar-refractivity contribution in [3.05, 3.63) is 35.4 Å². The first-order valence-electron chi connectivity index (χ1n) is 6.23. The third kappa shape index (κ3) is 2.76. The first-order chi connectivity index (χ1) is 8.72. The van der Waals surface area contributed by atoms with Gasteiger partial charge in [0, 0.05) is 18.5 Å². The van der Waals surface area contributed by atoms with Crippen molar-refractivity contribution in [1.82, 2.24) is 5.32 Å². The summed E-state index contributed by atoms with van der Waals surface area (Å²) in [6, 6.07) is 7.30. The van der Waals surface area contributed by atoms with Gasteiger partial charge in [0.2, 0.25) is 0 Å². The Hall–Kier alpha value is -1.68. The smallest absolute Gasteiger partial charge is 0.305 e. The van der Waals surface area contributed by atoms with Gasteiger partial charge >= 0.3 is 5.97 Å². The van der Waals surface area contributed by atoms with Crippen molar-refractivity contribution in [2.24, 2.45) is 0 Å². The van der Waals surface area contributed by atoms with E-state index in [1.165, 1.54) is 0 Å². The average Bonchev–Trinajstić information content (AvgIpc) is 2.39. The zero-order chi connectivity index (χ0) is 13.0. The fraction of sp³-hybridized carbons (Fsp3) is 0.429. The maximum Gasteiger partial charge on any atom is 0.305 e. The van der Waals surface area contributed by atoms with Crippen LogP contribution in [0.15, 0.2) is 24.3 Å². The Labute approximate surface area is 106 Å². The molecule has 4 nitrogen and oxygen atoms in total. The molecule has 0 bridgehead atoms.